The minimum Gasteiger partial charge on any atom is -0.352 e. The summed E-state index contributed by atoms with van der Waals surface area (Å²) in [6.45, 7) is 7.13. The van der Waals surface area contributed by atoms with Gasteiger partial charge in [0.2, 0.25) is 11.8 Å². The van der Waals surface area contributed by atoms with E-state index in [2.05, 4.69) is 5.32 Å². The molecule has 2 amide bonds. The molecular formula is C29H34ClN3O4S. The summed E-state index contributed by atoms with van der Waals surface area (Å²) in [4.78, 5) is 28.4. The van der Waals surface area contributed by atoms with Gasteiger partial charge < -0.3 is 10.2 Å². The SMILES string of the molecule is CC[C@H](C)NC(=O)[C@H](C)N(Cc1cccc(C)c1)C(=O)CN(c1ccccc1)S(=O)(=O)c1ccc(Cl)cc1. The van der Waals surface area contributed by atoms with Gasteiger partial charge in [-0.1, -0.05) is 66.6 Å². The van der Waals surface area contributed by atoms with Crippen molar-refractivity contribution in [3.8, 4) is 0 Å². The predicted octanol–water partition coefficient (Wildman–Crippen LogP) is 5.18. The van der Waals surface area contributed by atoms with Crippen LogP contribution in [0.1, 0.15) is 38.3 Å². The minimum absolute atomic E-state index is 0.00588. The molecule has 0 spiro atoms. The maximum Gasteiger partial charge on any atom is 0.264 e. The molecule has 0 radical (unpaired) electrons. The van der Waals surface area contributed by atoms with Crippen LogP contribution in [0.2, 0.25) is 5.02 Å². The lowest BCUT2D eigenvalue weighted by molar-refractivity contribution is -0.139. The number of hydrogen-bond acceptors (Lipinski definition) is 4. The summed E-state index contributed by atoms with van der Waals surface area (Å²) >= 11 is 5.98. The summed E-state index contributed by atoms with van der Waals surface area (Å²) in [6.07, 6.45) is 0.741. The Morgan fingerprint density at radius 3 is 2.21 bits per heavy atom. The zero-order valence-electron chi connectivity index (χ0n) is 22.1. The maximum absolute atomic E-state index is 13.9. The maximum atomic E-state index is 13.9. The molecule has 0 aliphatic heterocycles. The number of halogens is 1. The molecule has 0 aromatic heterocycles. The Kier molecular flexibility index (Phi) is 9.94. The number of nitrogens with zero attached hydrogens (tertiary/aromatic N) is 2. The van der Waals surface area contributed by atoms with Crippen molar-refractivity contribution in [3.05, 3.63) is 95.0 Å². The predicted molar refractivity (Wildman–Crippen MR) is 152 cm³/mol. The normalized spacial score (nSPS) is 12.9. The van der Waals surface area contributed by atoms with E-state index in [-0.39, 0.29) is 23.4 Å². The lowest BCUT2D eigenvalue weighted by Gasteiger charge is -2.32. The molecule has 38 heavy (non-hydrogen) atoms. The van der Waals surface area contributed by atoms with Gasteiger partial charge in [-0.2, -0.15) is 0 Å². The summed E-state index contributed by atoms with van der Waals surface area (Å²) in [5.41, 5.74) is 2.19. The second kappa shape index (κ2) is 12.9. The highest BCUT2D eigenvalue weighted by Gasteiger charge is 2.32. The lowest BCUT2D eigenvalue weighted by Crippen LogP contribution is -2.52. The smallest absolute Gasteiger partial charge is 0.264 e. The van der Waals surface area contributed by atoms with Gasteiger partial charge in [-0.25, -0.2) is 8.42 Å². The number of rotatable bonds is 11. The van der Waals surface area contributed by atoms with E-state index in [1.807, 2.05) is 45.0 Å². The highest BCUT2D eigenvalue weighted by atomic mass is 35.5. The van der Waals surface area contributed by atoms with Crippen LogP contribution in [0.4, 0.5) is 5.69 Å². The Labute approximate surface area is 230 Å². The van der Waals surface area contributed by atoms with Gasteiger partial charge in [0, 0.05) is 17.6 Å². The number of carbonyl (C=O) groups excluding carboxylic acids is 2. The van der Waals surface area contributed by atoms with Gasteiger partial charge in [-0.3, -0.25) is 13.9 Å². The average Bonchev–Trinajstić information content (AvgIpc) is 2.90. The van der Waals surface area contributed by atoms with E-state index in [1.54, 1.807) is 37.3 Å². The van der Waals surface area contributed by atoms with Crippen molar-refractivity contribution in [1.82, 2.24) is 10.2 Å². The fourth-order valence-corrected chi connectivity index (χ4v) is 5.45. The molecule has 1 N–H and O–H groups in total. The molecule has 0 unspecified atom stereocenters. The van der Waals surface area contributed by atoms with Crippen LogP contribution < -0.4 is 9.62 Å². The van der Waals surface area contributed by atoms with Crippen molar-refractivity contribution in [2.75, 3.05) is 10.8 Å². The molecule has 3 aromatic rings. The Morgan fingerprint density at radius 1 is 0.947 bits per heavy atom. The second-order valence-electron chi connectivity index (χ2n) is 9.31. The van der Waals surface area contributed by atoms with Crippen LogP contribution >= 0.6 is 11.6 Å². The van der Waals surface area contributed by atoms with Gasteiger partial charge in [-0.15, -0.1) is 0 Å². The zero-order valence-corrected chi connectivity index (χ0v) is 23.7. The molecule has 2 atom stereocenters. The fraction of sp³-hybridized carbons (Fsp3) is 0.310. The molecular weight excluding hydrogens is 522 g/mol. The van der Waals surface area contributed by atoms with Crippen molar-refractivity contribution in [3.63, 3.8) is 0 Å². The van der Waals surface area contributed by atoms with Crippen molar-refractivity contribution in [2.45, 2.75) is 57.6 Å². The molecule has 3 rings (SSSR count). The first-order valence-corrected chi connectivity index (χ1v) is 14.3. The van der Waals surface area contributed by atoms with Crippen LogP contribution in [0.15, 0.2) is 83.8 Å². The number of para-hydroxylation sites is 1. The monoisotopic (exact) mass is 555 g/mol. The van der Waals surface area contributed by atoms with E-state index >= 15 is 0 Å². The summed E-state index contributed by atoms with van der Waals surface area (Å²) < 4.78 is 28.5. The first-order valence-electron chi connectivity index (χ1n) is 12.5. The number of benzene rings is 3. The van der Waals surface area contributed by atoms with E-state index in [0.717, 1.165) is 21.9 Å². The van der Waals surface area contributed by atoms with E-state index < -0.39 is 28.5 Å². The average molecular weight is 556 g/mol. The van der Waals surface area contributed by atoms with E-state index in [1.165, 1.54) is 29.2 Å². The Balaban J connectivity index is 2.00. The standard InChI is InChI=1S/C29H34ClN3O4S/c1-5-22(3)31-29(35)23(4)32(19-24-11-9-10-21(2)18-24)28(34)20-33(26-12-7-6-8-13-26)38(36,37)27-16-14-25(30)15-17-27/h6-18,22-23H,5,19-20H2,1-4H3,(H,31,35)/t22-,23-/m0/s1. The van der Waals surface area contributed by atoms with Crippen LogP contribution in [-0.2, 0) is 26.2 Å². The fourth-order valence-electron chi connectivity index (χ4n) is 3.91. The Hall–Kier alpha value is -3.36. The Bertz CT molecular complexity index is 1350. The molecule has 9 heteroatoms. The molecule has 0 aliphatic carbocycles. The molecule has 0 fully saturated rings. The van der Waals surface area contributed by atoms with Crippen LogP contribution in [0, 0.1) is 6.92 Å². The van der Waals surface area contributed by atoms with Gasteiger partial charge in [0.1, 0.15) is 12.6 Å². The van der Waals surface area contributed by atoms with E-state index in [9.17, 15) is 18.0 Å². The van der Waals surface area contributed by atoms with Gasteiger partial charge >= 0.3 is 0 Å². The Morgan fingerprint density at radius 2 is 1.61 bits per heavy atom. The van der Waals surface area contributed by atoms with Gasteiger partial charge in [0.05, 0.1) is 10.6 Å². The first-order chi connectivity index (χ1) is 18.0. The van der Waals surface area contributed by atoms with Crippen molar-refractivity contribution in [1.29, 1.82) is 0 Å². The number of sulfonamides is 1. The van der Waals surface area contributed by atoms with E-state index in [0.29, 0.717) is 10.7 Å². The van der Waals surface area contributed by atoms with Crippen LogP contribution in [0.25, 0.3) is 0 Å². The molecule has 202 valence electrons. The largest absolute Gasteiger partial charge is 0.352 e. The van der Waals surface area contributed by atoms with Crippen molar-refractivity contribution in [2.24, 2.45) is 0 Å². The van der Waals surface area contributed by atoms with Crippen LogP contribution in [0.5, 0.6) is 0 Å². The third-order valence-electron chi connectivity index (χ3n) is 6.33. The minimum atomic E-state index is -4.12. The number of anilines is 1. The van der Waals surface area contributed by atoms with Crippen molar-refractivity contribution >= 4 is 39.1 Å². The quantitative estimate of drug-likeness (QED) is 0.353. The first kappa shape index (κ1) is 29.2. The van der Waals surface area contributed by atoms with Gasteiger partial charge in [0.25, 0.3) is 10.0 Å². The van der Waals surface area contributed by atoms with Crippen LogP contribution in [0.3, 0.4) is 0 Å². The molecule has 0 saturated heterocycles. The highest BCUT2D eigenvalue weighted by Crippen LogP contribution is 2.25. The lowest BCUT2D eigenvalue weighted by atomic mass is 10.1. The zero-order chi connectivity index (χ0) is 27.9. The summed E-state index contributed by atoms with van der Waals surface area (Å²) in [7, 11) is -4.12. The highest BCUT2D eigenvalue weighted by molar-refractivity contribution is 7.92. The van der Waals surface area contributed by atoms with E-state index in [4.69, 9.17) is 11.6 Å². The molecule has 7 nitrogen and oxygen atoms in total. The number of amides is 2. The third-order valence-corrected chi connectivity index (χ3v) is 8.37. The molecule has 0 aliphatic rings. The number of hydrogen-bond donors (Lipinski definition) is 1. The summed E-state index contributed by atoms with van der Waals surface area (Å²) in [5, 5.41) is 3.33. The molecule has 0 saturated carbocycles. The summed E-state index contributed by atoms with van der Waals surface area (Å²) in [5.74, 6) is -0.799. The number of aryl methyl sites for hydroxylation is 1. The molecule has 0 bridgehead atoms. The van der Waals surface area contributed by atoms with Crippen LogP contribution in [-0.4, -0.2) is 43.8 Å². The topological polar surface area (TPSA) is 86.8 Å². The van der Waals surface area contributed by atoms with Gasteiger partial charge in [-0.05, 0) is 69.2 Å². The summed E-state index contributed by atoms with van der Waals surface area (Å²) in [6, 6.07) is 21.0. The molecule has 3 aromatic carbocycles. The van der Waals surface area contributed by atoms with Crippen molar-refractivity contribution < 1.29 is 18.0 Å². The number of nitrogens with one attached hydrogen (secondary N) is 1. The second-order valence-corrected chi connectivity index (χ2v) is 11.6. The third kappa shape index (κ3) is 7.36. The number of carbonyl (C=O) groups is 2. The molecule has 0 heterocycles. The van der Waals surface area contributed by atoms with Gasteiger partial charge in [0.15, 0.2) is 0 Å².